The van der Waals surface area contributed by atoms with Gasteiger partial charge < -0.3 is 9.84 Å². The Balaban J connectivity index is 2.66. The van der Waals surface area contributed by atoms with Gasteiger partial charge in [0.15, 0.2) is 0 Å². The molecule has 1 rings (SSSR count). The number of benzene rings is 1. The Bertz CT molecular complexity index is 347. The molecule has 0 fully saturated rings. The van der Waals surface area contributed by atoms with Crippen LogP contribution in [0.1, 0.15) is 18.9 Å². The van der Waals surface area contributed by atoms with Gasteiger partial charge in [-0.1, -0.05) is 29.4 Å². The minimum Gasteiger partial charge on any atom is -0.489 e. The van der Waals surface area contributed by atoms with Crippen LogP contribution >= 0.6 is 15.9 Å². The maximum absolute atomic E-state index is 9.06. The summed E-state index contributed by atoms with van der Waals surface area (Å²) in [6, 6.07) is 5.56. The second-order valence-corrected chi connectivity index (χ2v) is 4.16. The van der Waals surface area contributed by atoms with Crippen molar-refractivity contribution in [2.75, 3.05) is 6.61 Å². The Labute approximate surface area is 98.7 Å². The van der Waals surface area contributed by atoms with Gasteiger partial charge in [-0.25, -0.2) is 0 Å². The lowest BCUT2D eigenvalue weighted by Gasteiger charge is -2.09. The molecule has 0 spiro atoms. The van der Waals surface area contributed by atoms with Crippen LogP contribution in [0.15, 0.2) is 34.8 Å². The molecule has 0 aliphatic carbocycles. The zero-order chi connectivity index (χ0) is 11.3. The van der Waals surface area contributed by atoms with Crippen molar-refractivity contribution >= 4 is 15.9 Å². The lowest BCUT2D eigenvalue weighted by molar-refractivity contribution is 0.279. The third kappa shape index (κ3) is 3.68. The lowest BCUT2D eigenvalue weighted by Crippen LogP contribution is -2.00. The molecule has 0 aliphatic heterocycles. The predicted molar refractivity (Wildman–Crippen MR) is 65.0 cm³/mol. The summed E-state index contributed by atoms with van der Waals surface area (Å²) >= 11 is 3.35. The van der Waals surface area contributed by atoms with Crippen LogP contribution < -0.4 is 4.74 Å². The molecule has 1 aromatic carbocycles. The molecule has 0 radical (unpaired) electrons. The van der Waals surface area contributed by atoms with Crippen molar-refractivity contribution in [3.63, 3.8) is 0 Å². The van der Waals surface area contributed by atoms with Crippen LogP contribution in [0.5, 0.6) is 5.75 Å². The molecule has 0 saturated carbocycles. The Hall–Kier alpha value is -0.800. The van der Waals surface area contributed by atoms with Crippen LogP contribution in [-0.4, -0.2) is 11.7 Å². The minimum atomic E-state index is 0.00646. The number of aliphatic hydroxyl groups excluding tert-OH is 1. The van der Waals surface area contributed by atoms with Gasteiger partial charge in [0.05, 0.1) is 6.61 Å². The largest absolute Gasteiger partial charge is 0.489 e. The summed E-state index contributed by atoms with van der Waals surface area (Å²) in [4.78, 5) is 0. The van der Waals surface area contributed by atoms with Gasteiger partial charge in [-0.2, -0.15) is 0 Å². The van der Waals surface area contributed by atoms with E-state index in [0.717, 1.165) is 27.8 Å². The highest BCUT2D eigenvalue weighted by Crippen LogP contribution is 2.22. The molecular weight excluding hydrogens is 256 g/mol. The van der Waals surface area contributed by atoms with E-state index in [1.54, 1.807) is 0 Å². The molecule has 1 N–H and O–H groups in total. The van der Waals surface area contributed by atoms with E-state index in [-0.39, 0.29) is 6.61 Å². The third-order valence-corrected chi connectivity index (χ3v) is 2.90. The average molecular weight is 271 g/mol. The van der Waals surface area contributed by atoms with E-state index in [4.69, 9.17) is 9.84 Å². The van der Waals surface area contributed by atoms with E-state index in [0.29, 0.717) is 6.61 Å². The summed E-state index contributed by atoms with van der Waals surface area (Å²) in [5, 5.41) is 9.06. The van der Waals surface area contributed by atoms with Crippen LogP contribution in [0.25, 0.3) is 0 Å². The van der Waals surface area contributed by atoms with Crippen molar-refractivity contribution in [3.8, 4) is 5.75 Å². The first kappa shape index (κ1) is 12.3. The Kier molecular flexibility index (Phi) is 4.85. The summed E-state index contributed by atoms with van der Waals surface area (Å²) in [6.07, 6.45) is 0.920. The van der Waals surface area contributed by atoms with Gasteiger partial charge in [-0.15, -0.1) is 0 Å². The summed E-state index contributed by atoms with van der Waals surface area (Å²) in [5.41, 5.74) is 1.89. The highest BCUT2D eigenvalue weighted by molar-refractivity contribution is 9.10. The summed E-state index contributed by atoms with van der Waals surface area (Å²) in [7, 11) is 0. The van der Waals surface area contributed by atoms with E-state index >= 15 is 0 Å². The molecule has 0 amide bonds. The summed E-state index contributed by atoms with van der Waals surface area (Å²) in [6.45, 7) is 6.45. The molecule has 0 aromatic heterocycles. The van der Waals surface area contributed by atoms with Crippen molar-refractivity contribution in [1.82, 2.24) is 0 Å². The highest BCUT2D eigenvalue weighted by Gasteiger charge is 2.01. The van der Waals surface area contributed by atoms with Crippen LogP contribution in [0.4, 0.5) is 0 Å². The zero-order valence-electron chi connectivity index (χ0n) is 8.79. The van der Waals surface area contributed by atoms with Crippen LogP contribution in [0.2, 0.25) is 0 Å². The Morgan fingerprint density at radius 1 is 1.53 bits per heavy atom. The van der Waals surface area contributed by atoms with E-state index < -0.39 is 0 Å². The maximum atomic E-state index is 9.06. The fraction of sp³-hybridized carbons (Fsp3) is 0.333. The van der Waals surface area contributed by atoms with Gasteiger partial charge >= 0.3 is 0 Å². The van der Waals surface area contributed by atoms with Crippen LogP contribution in [0, 0.1) is 0 Å². The van der Waals surface area contributed by atoms with Gasteiger partial charge in [-0.3, -0.25) is 0 Å². The third-order valence-electron chi connectivity index (χ3n) is 2.13. The predicted octanol–water partition coefficient (Wildman–Crippen LogP) is 3.29. The zero-order valence-corrected chi connectivity index (χ0v) is 10.4. The number of hydrogen-bond acceptors (Lipinski definition) is 2. The van der Waals surface area contributed by atoms with Gasteiger partial charge in [0, 0.05) is 4.47 Å². The molecule has 82 valence electrons. The van der Waals surface area contributed by atoms with Crippen LogP contribution in [0.3, 0.4) is 0 Å². The molecule has 0 saturated heterocycles. The van der Waals surface area contributed by atoms with Crippen LogP contribution in [-0.2, 0) is 6.61 Å². The topological polar surface area (TPSA) is 29.5 Å². The lowest BCUT2D eigenvalue weighted by atomic mass is 10.2. The maximum Gasteiger partial charge on any atom is 0.120 e. The van der Waals surface area contributed by atoms with Gasteiger partial charge in [-0.05, 0) is 35.8 Å². The molecule has 0 bridgehead atoms. The van der Waals surface area contributed by atoms with Crippen molar-refractivity contribution in [2.45, 2.75) is 20.0 Å². The van der Waals surface area contributed by atoms with E-state index in [9.17, 15) is 0 Å². The molecule has 15 heavy (non-hydrogen) atoms. The number of ether oxygens (including phenoxy) is 1. The second-order valence-electron chi connectivity index (χ2n) is 3.30. The first-order valence-corrected chi connectivity index (χ1v) is 5.65. The van der Waals surface area contributed by atoms with Gasteiger partial charge in [0.25, 0.3) is 0 Å². The number of hydrogen-bond donors (Lipinski definition) is 1. The van der Waals surface area contributed by atoms with Crippen molar-refractivity contribution in [1.29, 1.82) is 0 Å². The van der Waals surface area contributed by atoms with Gasteiger partial charge in [0.2, 0.25) is 0 Å². The number of rotatable bonds is 5. The van der Waals surface area contributed by atoms with Gasteiger partial charge in [0.1, 0.15) is 12.4 Å². The molecule has 0 atom stereocenters. The molecule has 2 nitrogen and oxygen atoms in total. The number of halogens is 1. The average Bonchev–Trinajstić information content (AvgIpc) is 2.27. The molecule has 1 aromatic rings. The first-order valence-electron chi connectivity index (χ1n) is 4.86. The SMILES string of the molecule is C=C(CC)COc1ccc(Br)c(CO)c1. The fourth-order valence-corrected chi connectivity index (χ4v) is 1.42. The minimum absolute atomic E-state index is 0.00646. The Morgan fingerprint density at radius 2 is 2.27 bits per heavy atom. The smallest absolute Gasteiger partial charge is 0.120 e. The molecular formula is C12H15BrO2. The van der Waals surface area contributed by atoms with E-state index in [1.807, 2.05) is 25.1 Å². The van der Waals surface area contributed by atoms with Crippen molar-refractivity contribution in [3.05, 3.63) is 40.4 Å². The van der Waals surface area contributed by atoms with Crippen molar-refractivity contribution in [2.24, 2.45) is 0 Å². The fourth-order valence-electron chi connectivity index (χ4n) is 1.05. The molecule has 0 aliphatic rings. The second kappa shape index (κ2) is 5.93. The summed E-state index contributed by atoms with van der Waals surface area (Å²) < 4.78 is 6.42. The standard InChI is InChI=1S/C12H15BrO2/c1-3-9(2)8-15-11-4-5-12(13)10(6-11)7-14/h4-6,14H,2-3,7-8H2,1H3. The highest BCUT2D eigenvalue weighted by atomic mass is 79.9. The van der Waals surface area contributed by atoms with E-state index in [2.05, 4.69) is 22.5 Å². The molecule has 0 unspecified atom stereocenters. The number of aliphatic hydroxyl groups is 1. The normalized spacial score (nSPS) is 10.1. The molecule has 3 heteroatoms. The molecule has 0 heterocycles. The summed E-state index contributed by atoms with van der Waals surface area (Å²) in [5.74, 6) is 0.761. The monoisotopic (exact) mass is 270 g/mol. The van der Waals surface area contributed by atoms with E-state index in [1.165, 1.54) is 0 Å². The first-order chi connectivity index (χ1) is 7.17. The van der Waals surface area contributed by atoms with Crippen molar-refractivity contribution < 1.29 is 9.84 Å². The Morgan fingerprint density at radius 3 is 2.87 bits per heavy atom. The quantitative estimate of drug-likeness (QED) is 0.833.